The van der Waals surface area contributed by atoms with Gasteiger partial charge in [-0.25, -0.2) is 9.78 Å². The molecule has 1 aromatic carbocycles. The fraction of sp³-hybridized carbons (Fsp3) is 0.250. The van der Waals surface area contributed by atoms with Gasteiger partial charge in [0.05, 0.1) is 5.56 Å². The number of carbonyl (C=O) groups excluding carboxylic acids is 1. The normalized spacial score (nSPS) is 15.8. The van der Waals surface area contributed by atoms with E-state index in [2.05, 4.69) is 10.3 Å². The highest BCUT2D eigenvalue weighted by Crippen LogP contribution is 2.32. The van der Waals surface area contributed by atoms with Crippen LogP contribution in [0.15, 0.2) is 36.5 Å². The number of benzene rings is 1. The summed E-state index contributed by atoms with van der Waals surface area (Å²) < 4.78 is 10.8. The van der Waals surface area contributed by atoms with E-state index in [4.69, 9.17) is 21.1 Å². The van der Waals surface area contributed by atoms with E-state index < -0.39 is 12.2 Å². The van der Waals surface area contributed by atoms with E-state index in [-0.39, 0.29) is 6.61 Å². The van der Waals surface area contributed by atoms with Gasteiger partial charge in [0.15, 0.2) is 6.10 Å². The summed E-state index contributed by atoms with van der Waals surface area (Å²) in [5.41, 5.74) is 2.69. The van der Waals surface area contributed by atoms with Crippen LogP contribution in [0.4, 0.5) is 4.79 Å². The molecule has 2 aromatic rings. The Hall–Kier alpha value is -2.27. The van der Waals surface area contributed by atoms with E-state index in [1.807, 2.05) is 31.2 Å². The van der Waals surface area contributed by atoms with E-state index in [9.17, 15) is 4.79 Å². The van der Waals surface area contributed by atoms with Crippen LogP contribution in [0.25, 0.3) is 0 Å². The first-order chi connectivity index (χ1) is 10.6. The number of hydrogen-bond donors (Lipinski definition) is 1. The Balaban J connectivity index is 1.59. The van der Waals surface area contributed by atoms with Gasteiger partial charge in [0.1, 0.15) is 6.61 Å². The van der Waals surface area contributed by atoms with Gasteiger partial charge in [0, 0.05) is 17.8 Å². The average Bonchev–Trinajstić information content (AvgIpc) is 2.92. The van der Waals surface area contributed by atoms with Crippen molar-refractivity contribution in [2.75, 3.05) is 6.61 Å². The van der Waals surface area contributed by atoms with E-state index in [0.717, 1.165) is 16.7 Å². The molecular weight excluding hydrogens is 304 g/mol. The van der Waals surface area contributed by atoms with Crippen LogP contribution >= 0.6 is 11.6 Å². The monoisotopic (exact) mass is 318 g/mol. The van der Waals surface area contributed by atoms with Crippen molar-refractivity contribution in [3.63, 3.8) is 0 Å². The number of amides is 1. The molecule has 1 amide bonds. The number of fused-ring (bicyclic) bond motifs is 1. The summed E-state index contributed by atoms with van der Waals surface area (Å²) in [5, 5.41) is 3.41. The fourth-order valence-corrected chi connectivity index (χ4v) is 2.49. The number of aromatic nitrogens is 1. The van der Waals surface area contributed by atoms with Crippen molar-refractivity contribution in [3.05, 3.63) is 58.2 Å². The van der Waals surface area contributed by atoms with Gasteiger partial charge in [-0.15, -0.1) is 0 Å². The SMILES string of the molecule is Cc1c(Cl)cccc1CNC(=O)OC1COc2ncccc21. The first kappa shape index (κ1) is 14.7. The van der Waals surface area contributed by atoms with Crippen molar-refractivity contribution >= 4 is 17.7 Å². The molecule has 1 aromatic heterocycles. The number of pyridine rings is 1. The van der Waals surface area contributed by atoms with Crippen molar-refractivity contribution in [3.8, 4) is 5.88 Å². The van der Waals surface area contributed by atoms with Crippen LogP contribution in [0.3, 0.4) is 0 Å². The molecule has 1 N–H and O–H groups in total. The average molecular weight is 319 g/mol. The lowest BCUT2D eigenvalue weighted by Crippen LogP contribution is -2.26. The molecule has 1 aliphatic heterocycles. The molecule has 114 valence electrons. The number of alkyl carbamates (subject to hydrolysis) is 1. The van der Waals surface area contributed by atoms with Crippen molar-refractivity contribution < 1.29 is 14.3 Å². The van der Waals surface area contributed by atoms with Gasteiger partial charge in [-0.3, -0.25) is 0 Å². The molecule has 2 heterocycles. The fourth-order valence-electron chi connectivity index (χ4n) is 2.29. The Kier molecular flexibility index (Phi) is 4.15. The summed E-state index contributed by atoms with van der Waals surface area (Å²) in [4.78, 5) is 16.0. The van der Waals surface area contributed by atoms with Crippen LogP contribution in [0.5, 0.6) is 5.88 Å². The lowest BCUT2D eigenvalue weighted by Gasteiger charge is -2.13. The van der Waals surface area contributed by atoms with E-state index >= 15 is 0 Å². The molecule has 0 bridgehead atoms. The molecule has 0 fully saturated rings. The van der Waals surface area contributed by atoms with E-state index in [0.29, 0.717) is 17.4 Å². The number of hydrogen-bond acceptors (Lipinski definition) is 4. The van der Waals surface area contributed by atoms with Crippen molar-refractivity contribution in [1.82, 2.24) is 10.3 Å². The summed E-state index contributed by atoms with van der Waals surface area (Å²) in [7, 11) is 0. The second kappa shape index (κ2) is 6.23. The molecule has 0 aliphatic carbocycles. The Bertz CT molecular complexity index is 706. The van der Waals surface area contributed by atoms with Crippen LogP contribution in [0, 0.1) is 6.92 Å². The van der Waals surface area contributed by atoms with Gasteiger partial charge in [-0.1, -0.05) is 23.7 Å². The number of nitrogens with one attached hydrogen (secondary N) is 1. The zero-order valence-electron chi connectivity index (χ0n) is 12.0. The zero-order chi connectivity index (χ0) is 15.5. The van der Waals surface area contributed by atoms with Crippen molar-refractivity contribution in [2.45, 2.75) is 19.6 Å². The maximum absolute atomic E-state index is 11.9. The lowest BCUT2D eigenvalue weighted by molar-refractivity contribution is 0.0821. The number of ether oxygens (including phenoxy) is 2. The Morgan fingerprint density at radius 1 is 1.45 bits per heavy atom. The minimum Gasteiger partial charge on any atom is -0.473 e. The summed E-state index contributed by atoms with van der Waals surface area (Å²) >= 11 is 6.06. The molecule has 0 saturated carbocycles. The molecule has 5 nitrogen and oxygen atoms in total. The first-order valence-corrected chi connectivity index (χ1v) is 7.29. The van der Waals surface area contributed by atoms with Crippen LogP contribution in [-0.4, -0.2) is 17.7 Å². The zero-order valence-corrected chi connectivity index (χ0v) is 12.8. The van der Waals surface area contributed by atoms with Gasteiger partial charge in [0.2, 0.25) is 5.88 Å². The minimum atomic E-state index is -0.496. The summed E-state index contributed by atoms with van der Waals surface area (Å²) in [6.07, 6.45) is 0.720. The molecule has 6 heteroatoms. The smallest absolute Gasteiger partial charge is 0.408 e. The highest BCUT2D eigenvalue weighted by Gasteiger charge is 2.28. The van der Waals surface area contributed by atoms with Crippen LogP contribution < -0.4 is 10.1 Å². The third-order valence-corrected chi connectivity index (χ3v) is 3.98. The molecule has 3 rings (SSSR count). The first-order valence-electron chi connectivity index (χ1n) is 6.91. The molecular formula is C16H15ClN2O3. The summed E-state index contributed by atoms with van der Waals surface area (Å²) in [6, 6.07) is 9.22. The number of carbonyl (C=O) groups is 1. The summed E-state index contributed by atoms with van der Waals surface area (Å²) in [6.45, 7) is 2.56. The molecule has 1 unspecified atom stereocenters. The number of rotatable bonds is 3. The second-order valence-electron chi connectivity index (χ2n) is 4.98. The molecule has 1 aliphatic rings. The van der Waals surface area contributed by atoms with Crippen molar-refractivity contribution in [1.29, 1.82) is 0 Å². The predicted octanol–water partition coefficient (Wildman–Crippen LogP) is 3.40. The third kappa shape index (κ3) is 2.99. The Morgan fingerprint density at radius 3 is 3.18 bits per heavy atom. The maximum Gasteiger partial charge on any atom is 0.408 e. The van der Waals surface area contributed by atoms with Gasteiger partial charge in [-0.2, -0.15) is 0 Å². The molecule has 0 spiro atoms. The molecule has 0 radical (unpaired) electrons. The molecule has 1 atom stereocenters. The van der Waals surface area contributed by atoms with E-state index in [1.165, 1.54) is 0 Å². The van der Waals surface area contributed by atoms with E-state index in [1.54, 1.807) is 12.3 Å². The number of nitrogens with zero attached hydrogens (tertiary/aromatic N) is 1. The number of halogens is 1. The standard InChI is InChI=1S/C16H15ClN2O3/c1-10-11(4-2-6-13(10)17)8-19-16(20)22-14-9-21-15-12(14)5-3-7-18-15/h2-7,14H,8-9H2,1H3,(H,19,20). The van der Waals surface area contributed by atoms with Gasteiger partial charge in [-0.05, 0) is 36.2 Å². The van der Waals surface area contributed by atoms with Crippen LogP contribution in [0.2, 0.25) is 5.02 Å². The minimum absolute atomic E-state index is 0.288. The van der Waals surface area contributed by atoms with Crippen LogP contribution in [0.1, 0.15) is 22.8 Å². The van der Waals surface area contributed by atoms with Crippen molar-refractivity contribution in [2.24, 2.45) is 0 Å². The Morgan fingerprint density at radius 2 is 2.32 bits per heavy atom. The summed E-state index contributed by atoms with van der Waals surface area (Å²) in [5.74, 6) is 0.519. The second-order valence-corrected chi connectivity index (χ2v) is 5.39. The highest BCUT2D eigenvalue weighted by molar-refractivity contribution is 6.31. The van der Waals surface area contributed by atoms with Gasteiger partial charge >= 0.3 is 6.09 Å². The van der Waals surface area contributed by atoms with Crippen LogP contribution in [-0.2, 0) is 11.3 Å². The highest BCUT2D eigenvalue weighted by atomic mass is 35.5. The maximum atomic E-state index is 11.9. The van der Waals surface area contributed by atoms with Gasteiger partial charge < -0.3 is 14.8 Å². The molecule has 22 heavy (non-hydrogen) atoms. The predicted molar refractivity (Wildman–Crippen MR) is 82.0 cm³/mol. The largest absolute Gasteiger partial charge is 0.473 e. The van der Waals surface area contributed by atoms with Gasteiger partial charge in [0.25, 0.3) is 0 Å². The Labute approximate surface area is 133 Å². The topological polar surface area (TPSA) is 60.5 Å². The lowest BCUT2D eigenvalue weighted by atomic mass is 10.1. The third-order valence-electron chi connectivity index (χ3n) is 3.57. The molecule has 0 saturated heterocycles. The quantitative estimate of drug-likeness (QED) is 0.942.